The van der Waals surface area contributed by atoms with E-state index >= 15 is 0 Å². The van der Waals surface area contributed by atoms with Gasteiger partial charge in [0, 0.05) is 12.1 Å². The third kappa shape index (κ3) is 6.33. The topological polar surface area (TPSA) is 30.5 Å². The summed E-state index contributed by atoms with van der Waals surface area (Å²) in [5.41, 5.74) is 1.80. The van der Waals surface area contributed by atoms with Crippen molar-refractivity contribution in [3.8, 4) is 11.5 Å². The molecule has 0 heterocycles. The molecule has 164 valence electrons. The molecule has 0 aliphatic rings. The maximum Gasteiger partial charge on any atom is 0.180 e. The largest absolute Gasteiger partial charge is 0.490 e. The molecule has 0 aromatic heterocycles. The predicted octanol–water partition coefficient (Wildman–Crippen LogP) is 6.58. The Labute approximate surface area is 190 Å². The summed E-state index contributed by atoms with van der Waals surface area (Å²) in [6.45, 7) is 3.31. The highest BCUT2D eigenvalue weighted by molar-refractivity contribution is 6.32. The molecule has 0 atom stereocenters. The second-order valence-corrected chi connectivity index (χ2v) is 7.66. The van der Waals surface area contributed by atoms with Crippen molar-refractivity contribution in [3.63, 3.8) is 0 Å². The Morgan fingerprint density at radius 3 is 2.42 bits per heavy atom. The molecule has 0 saturated heterocycles. The fourth-order valence-corrected chi connectivity index (χ4v) is 3.60. The lowest BCUT2D eigenvalue weighted by atomic mass is 10.1. The van der Waals surface area contributed by atoms with Gasteiger partial charge in [0.25, 0.3) is 0 Å². The van der Waals surface area contributed by atoms with E-state index in [1.54, 1.807) is 24.3 Å². The molecular weight excluding hydrogens is 443 g/mol. The average Bonchev–Trinajstić information content (AvgIpc) is 2.74. The Hall–Kier alpha value is -2.34. The second-order valence-electron chi connectivity index (χ2n) is 6.84. The summed E-state index contributed by atoms with van der Waals surface area (Å²) in [6.07, 6.45) is 0.573. The van der Waals surface area contributed by atoms with E-state index in [2.05, 4.69) is 5.32 Å². The minimum atomic E-state index is -0.447. The Bertz CT molecular complexity index is 1010. The van der Waals surface area contributed by atoms with Crippen LogP contribution in [0.2, 0.25) is 10.0 Å². The number of nitrogens with one attached hydrogen (secondary N) is 1. The smallest absolute Gasteiger partial charge is 0.180 e. The van der Waals surface area contributed by atoms with Gasteiger partial charge in [0.1, 0.15) is 18.2 Å². The van der Waals surface area contributed by atoms with Gasteiger partial charge in [-0.05, 0) is 61.3 Å². The summed E-state index contributed by atoms with van der Waals surface area (Å²) in [6, 6.07) is 14.8. The van der Waals surface area contributed by atoms with Crippen LogP contribution < -0.4 is 14.8 Å². The number of ether oxygens (including phenoxy) is 2. The SMILES string of the molecule is CCOc1cc(CNCCc2ccccc2F)cc(Cl)c1OCc1c(F)cccc1Cl. The van der Waals surface area contributed by atoms with Crippen molar-refractivity contribution in [1.29, 1.82) is 0 Å². The molecule has 0 bridgehead atoms. The van der Waals surface area contributed by atoms with Gasteiger partial charge in [0.2, 0.25) is 0 Å². The third-order valence-corrected chi connectivity index (χ3v) is 5.28. The maximum atomic E-state index is 14.0. The molecule has 1 N–H and O–H groups in total. The van der Waals surface area contributed by atoms with E-state index in [0.29, 0.717) is 48.2 Å². The van der Waals surface area contributed by atoms with Gasteiger partial charge in [-0.15, -0.1) is 0 Å². The lowest BCUT2D eigenvalue weighted by Crippen LogP contribution is -2.17. The Morgan fingerprint density at radius 2 is 1.68 bits per heavy atom. The quantitative estimate of drug-likeness (QED) is 0.343. The van der Waals surface area contributed by atoms with Crippen molar-refractivity contribution in [2.24, 2.45) is 0 Å². The van der Waals surface area contributed by atoms with Crippen molar-refractivity contribution in [2.75, 3.05) is 13.2 Å². The summed E-state index contributed by atoms with van der Waals surface area (Å²) >= 11 is 12.5. The number of hydrogen-bond donors (Lipinski definition) is 1. The second kappa shape index (κ2) is 11.3. The molecular formula is C24H23Cl2F2NO2. The molecule has 0 unspecified atom stereocenters. The van der Waals surface area contributed by atoms with Crippen LogP contribution in [0, 0.1) is 11.6 Å². The first-order valence-corrected chi connectivity index (χ1v) is 10.7. The lowest BCUT2D eigenvalue weighted by molar-refractivity contribution is 0.266. The minimum absolute atomic E-state index is 0.0778. The highest BCUT2D eigenvalue weighted by Crippen LogP contribution is 2.37. The van der Waals surface area contributed by atoms with E-state index in [1.165, 1.54) is 18.2 Å². The monoisotopic (exact) mass is 465 g/mol. The predicted molar refractivity (Wildman–Crippen MR) is 120 cm³/mol. The molecule has 0 fully saturated rings. The van der Waals surface area contributed by atoms with Crippen LogP contribution in [0.5, 0.6) is 11.5 Å². The zero-order chi connectivity index (χ0) is 22.2. The summed E-state index contributed by atoms with van der Waals surface area (Å²) < 4.78 is 39.2. The van der Waals surface area contributed by atoms with Gasteiger partial charge < -0.3 is 14.8 Å². The number of halogens is 4. The molecule has 3 rings (SSSR count). The van der Waals surface area contributed by atoms with E-state index in [1.807, 2.05) is 19.1 Å². The molecule has 7 heteroatoms. The fourth-order valence-electron chi connectivity index (χ4n) is 3.10. The van der Waals surface area contributed by atoms with Crippen LogP contribution >= 0.6 is 23.2 Å². The van der Waals surface area contributed by atoms with Gasteiger partial charge in [-0.1, -0.05) is 47.5 Å². The van der Waals surface area contributed by atoms with E-state index in [9.17, 15) is 8.78 Å². The van der Waals surface area contributed by atoms with E-state index < -0.39 is 5.82 Å². The summed E-state index contributed by atoms with van der Waals surface area (Å²) in [5.74, 6) is 0.144. The van der Waals surface area contributed by atoms with Crippen molar-refractivity contribution < 1.29 is 18.3 Å². The Balaban J connectivity index is 1.66. The van der Waals surface area contributed by atoms with Gasteiger partial charge in [-0.25, -0.2) is 8.78 Å². The normalized spacial score (nSPS) is 10.9. The van der Waals surface area contributed by atoms with Crippen LogP contribution in [-0.2, 0) is 19.6 Å². The molecule has 3 aromatic rings. The summed E-state index contributed by atoms with van der Waals surface area (Å²) in [5, 5.41) is 3.91. The van der Waals surface area contributed by atoms with Crippen LogP contribution in [0.15, 0.2) is 54.6 Å². The van der Waals surface area contributed by atoms with Crippen LogP contribution in [-0.4, -0.2) is 13.2 Å². The van der Waals surface area contributed by atoms with Crippen LogP contribution in [0.1, 0.15) is 23.6 Å². The van der Waals surface area contributed by atoms with Gasteiger partial charge in [0.15, 0.2) is 11.5 Å². The standard InChI is InChI=1S/C24H23Cl2F2NO2/c1-2-30-23-13-16(14-29-11-10-17-6-3-4-8-21(17)27)12-20(26)24(23)31-15-18-19(25)7-5-9-22(18)28/h3-9,12-13,29H,2,10-11,14-15H2,1H3. The van der Waals surface area contributed by atoms with Gasteiger partial charge in [-0.3, -0.25) is 0 Å². The maximum absolute atomic E-state index is 14.0. The fraction of sp³-hybridized carbons (Fsp3) is 0.250. The van der Waals surface area contributed by atoms with Gasteiger partial charge >= 0.3 is 0 Å². The molecule has 31 heavy (non-hydrogen) atoms. The highest BCUT2D eigenvalue weighted by Gasteiger charge is 2.15. The van der Waals surface area contributed by atoms with Crippen LogP contribution in [0.25, 0.3) is 0 Å². The number of hydrogen-bond acceptors (Lipinski definition) is 3. The third-order valence-electron chi connectivity index (χ3n) is 4.65. The first-order chi connectivity index (χ1) is 15.0. The number of benzene rings is 3. The van der Waals surface area contributed by atoms with Crippen molar-refractivity contribution in [3.05, 3.63) is 93.0 Å². The Morgan fingerprint density at radius 1 is 0.903 bits per heavy atom. The molecule has 0 aliphatic carbocycles. The van der Waals surface area contributed by atoms with Crippen molar-refractivity contribution in [1.82, 2.24) is 5.32 Å². The van der Waals surface area contributed by atoms with E-state index in [4.69, 9.17) is 32.7 Å². The molecule has 0 aliphatic heterocycles. The zero-order valence-corrected chi connectivity index (χ0v) is 18.6. The van der Waals surface area contributed by atoms with Crippen LogP contribution in [0.3, 0.4) is 0 Å². The molecule has 3 aromatic carbocycles. The van der Waals surface area contributed by atoms with E-state index in [0.717, 1.165) is 5.56 Å². The number of rotatable bonds is 10. The zero-order valence-electron chi connectivity index (χ0n) is 17.1. The lowest BCUT2D eigenvalue weighted by Gasteiger charge is -2.16. The van der Waals surface area contributed by atoms with Crippen molar-refractivity contribution in [2.45, 2.75) is 26.5 Å². The summed E-state index contributed by atoms with van der Waals surface area (Å²) in [4.78, 5) is 0. The summed E-state index contributed by atoms with van der Waals surface area (Å²) in [7, 11) is 0. The molecule has 0 amide bonds. The molecule has 0 saturated carbocycles. The van der Waals surface area contributed by atoms with Gasteiger partial charge in [-0.2, -0.15) is 0 Å². The first kappa shape index (κ1) is 23.3. The first-order valence-electron chi connectivity index (χ1n) is 9.94. The highest BCUT2D eigenvalue weighted by atomic mass is 35.5. The molecule has 0 radical (unpaired) electrons. The van der Waals surface area contributed by atoms with Crippen molar-refractivity contribution >= 4 is 23.2 Å². The average molecular weight is 466 g/mol. The van der Waals surface area contributed by atoms with Crippen LogP contribution in [0.4, 0.5) is 8.78 Å². The van der Waals surface area contributed by atoms with Gasteiger partial charge in [0.05, 0.1) is 16.7 Å². The minimum Gasteiger partial charge on any atom is -0.490 e. The molecule has 3 nitrogen and oxygen atoms in total. The Kier molecular flexibility index (Phi) is 8.52. The molecule has 0 spiro atoms. The van der Waals surface area contributed by atoms with E-state index in [-0.39, 0.29) is 23.0 Å².